The fourth-order valence-corrected chi connectivity index (χ4v) is 5.13. The van der Waals surface area contributed by atoms with E-state index in [1.54, 1.807) is 0 Å². The Morgan fingerprint density at radius 1 is 0.862 bits per heavy atom. The quantitative estimate of drug-likeness (QED) is 0.240. The average molecular weight is 541 g/mol. The largest absolute Gasteiger partial charge is 1.00 e. The van der Waals surface area contributed by atoms with Crippen molar-refractivity contribution in [3.8, 4) is 0 Å². The van der Waals surface area contributed by atoms with Gasteiger partial charge in [-0.3, -0.25) is 14.7 Å². The molecule has 1 rings (SSSR count). The first-order valence-corrected chi connectivity index (χ1v) is 14.6. The van der Waals surface area contributed by atoms with E-state index in [-0.39, 0.29) is 51.1 Å². The molecule has 0 radical (unpaired) electrons. The van der Waals surface area contributed by atoms with E-state index in [9.17, 15) is 14.0 Å². The summed E-state index contributed by atoms with van der Waals surface area (Å²) in [5, 5.41) is 0. The van der Waals surface area contributed by atoms with Gasteiger partial charge in [-0.05, 0) is 12.8 Å². The van der Waals surface area contributed by atoms with E-state index < -0.39 is 15.3 Å². The smallest absolute Gasteiger partial charge is 0.776 e. The van der Waals surface area contributed by atoms with Crippen LogP contribution in [0.25, 0.3) is 0 Å². The Morgan fingerprint density at radius 2 is 1.21 bits per heavy atom. The molecule has 0 aromatic rings. The van der Waals surface area contributed by atoms with Gasteiger partial charge in [-0.2, -0.15) is 0 Å². The van der Waals surface area contributed by atoms with Crippen LogP contribution in [0.2, 0.25) is 0 Å². The van der Waals surface area contributed by atoms with Crippen LogP contribution >= 0.6 is 61.7 Å². The molecule has 178 valence electrons. The molecule has 0 heterocycles. The minimum Gasteiger partial charge on any atom is -0.776 e. The van der Waals surface area contributed by atoms with Gasteiger partial charge in [0.1, 0.15) is 7.67 Å². The predicted octanol–water partition coefficient (Wildman–Crippen LogP) is 2.41. The van der Waals surface area contributed by atoms with Gasteiger partial charge in [-0.1, -0.05) is 19.3 Å². The molecule has 0 aromatic heterocycles. The highest BCUT2D eigenvalue weighted by Crippen LogP contribution is 2.35. The fraction of sp³-hybridized carbons (Fsp3) is 1.00. The molecule has 15 heteroatoms. The number of nitrogens with zero attached hydrogens (tertiary/aromatic N) is 2. The number of hydrogen-bond acceptors (Lipinski definition) is 4. The van der Waals surface area contributed by atoms with Crippen molar-refractivity contribution in [2.45, 2.75) is 38.1 Å². The first-order chi connectivity index (χ1) is 13.4. The lowest BCUT2D eigenvalue weighted by molar-refractivity contribution is -0.187. The SMILES string of the molecule is NC1CCCCC1.NP(=O)(O)N(CCCl)CCCl.NP(=O)([O-])N(CCCl)CCCl.[H+]. The lowest BCUT2D eigenvalue weighted by Crippen LogP contribution is -2.33. The average Bonchev–Trinajstić information content (AvgIpc) is 2.61. The summed E-state index contributed by atoms with van der Waals surface area (Å²) in [6.07, 6.45) is 6.66. The van der Waals surface area contributed by atoms with Crippen LogP contribution in [0.5, 0.6) is 0 Å². The monoisotopic (exact) mass is 539 g/mol. The van der Waals surface area contributed by atoms with Gasteiger partial charge < -0.3 is 20.1 Å². The van der Waals surface area contributed by atoms with Crippen molar-refractivity contribution in [3.63, 3.8) is 0 Å². The lowest BCUT2D eigenvalue weighted by atomic mass is 9.97. The van der Waals surface area contributed by atoms with Gasteiger partial charge >= 0.3 is 9.10 Å². The van der Waals surface area contributed by atoms with Crippen LogP contribution in [-0.2, 0) is 9.13 Å². The van der Waals surface area contributed by atoms with Crippen molar-refractivity contribution < 1.29 is 20.3 Å². The number of rotatable bonds is 10. The Balaban J connectivity index is -0.000000366. The molecule has 1 aliphatic rings. The Labute approximate surface area is 195 Å². The maximum Gasteiger partial charge on any atom is 1.00 e. The Hall–Kier alpha value is 1.34. The van der Waals surface area contributed by atoms with E-state index in [0.29, 0.717) is 6.04 Å². The Bertz CT molecular complexity index is 441. The molecule has 7 N–H and O–H groups in total. The maximum atomic E-state index is 10.8. The molecule has 0 aliphatic heterocycles. The second-order valence-electron chi connectivity index (χ2n) is 6.21. The summed E-state index contributed by atoms with van der Waals surface area (Å²) in [6.45, 7) is 0.980. The summed E-state index contributed by atoms with van der Waals surface area (Å²) in [4.78, 5) is 19.6. The third kappa shape index (κ3) is 19.7. The van der Waals surface area contributed by atoms with Gasteiger partial charge in [0.05, 0.1) is 0 Å². The molecule has 1 aliphatic carbocycles. The molecule has 1 fully saturated rings. The summed E-state index contributed by atoms with van der Waals surface area (Å²) >= 11 is 21.4. The van der Waals surface area contributed by atoms with E-state index in [4.69, 9.17) is 68.0 Å². The Kier molecular flexibility index (Phi) is 21.2. The van der Waals surface area contributed by atoms with Crippen molar-refractivity contribution in [2.24, 2.45) is 16.7 Å². The summed E-state index contributed by atoms with van der Waals surface area (Å²) in [6, 6.07) is 0.536. The van der Waals surface area contributed by atoms with E-state index in [1.807, 2.05) is 0 Å². The first-order valence-electron chi connectivity index (χ1n) is 9.15. The van der Waals surface area contributed by atoms with Crippen molar-refractivity contribution in [2.75, 3.05) is 49.7 Å². The zero-order chi connectivity index (χ0) is 22.9. The van der Waals surface area contributed by atoms with Crippen LogP contribution in [0.1, 0.15) is 33.5 Å². The second-order valence-corrected chi connectivity index (χ2v) is 11.2. The van der Waals surface area contributed by atoms with Gasteiger partial charge in [0.25, 0.3) is 0 Å². The zero-order valence-electron chi connectivity index (χ0n) is 17.5. The normalized spacial score (nSPS) is 18.9. The summed E-state index contributed by atoms with van der Waals surface area (Å²) in [5.41, 5.74) is 15.5. The first kappa shape index (κ1) is 32.5. The van der Waals surface area contributed by atoms with E-state index >= 15 is 0 Å². The summed E-state index contributed by atoms with van der Waals surface area (Å²) < 4.78 is 23.8. The van der Waals surface area contributed by atoms with E-state index in [0.717, 1.165) is 4.67 Å². The molecule has 0 aromatic carbocycles. The Morgan fingerprint density at radius 3 is 1.41 bits per heavy atom. The lowest BCUT2D eigenvalue weighted by Gasteiger charge is -2.31. The van der Waals surface area contributed by atoms with E-state index in [2.05, 4.69) is 0 Å². The van der Waals surface area contributed by atoms with E-state index in [1.165, 1.54) is 36.8 Å². The summed E-state index contributed by atoms with van der Waals surface area (Å²) in [5.74, 6) is 0.970. The molecular weight excluding hydrogens is 506 g/mol. The minimum absolute atomic E-state index is 0. The second kappa shape index (κ2) is 18.9. The zero-order valence-corrected chi connectivity index (χ0v) is 21.3. The topological polar surface area (TPSA) is 162 Å². The number of alkyl halides is 4. The molecule has 29 heavy (non-hydrogen) atoms. The molecule has 0 spiro atoms. The maximum absolute atomic E-state index is 10.8. The molecule has 0 saturated heterocycles. The van der Waals surface area contributed by atoms with Crippen molar-refractivity contribution in [1.82, 2.24) is 9.34 Å². The van der Waals surface area contributed by atoms with Gasteiger partial charge in [-0.15, -0.1) is 46.4 Å². The summed E-state index contributed by atoms with van der Waals surface area (Å²) in [7, 11) is -7.54. The van der Waals surface area contributed by atoms with Gasteiger partial charge in [0, 0.05) is 55.7 Å². The van der Waals surface area contributed by atoms with Crippen LogP contribution in [0, 0.1) is 0 Å². The number of hydrogen-bond donors (Lipinski definition) is 4. The molecule has 0 amide bonds. The third-order valence-corrected chi connectivity index (χ3v) is 6.89. The van der Waals surface area contributed by atoms with Gasteiger partial charge in [0.2, 0.25) is 0 Å². The van der Waals surface area contributed by atoms with Crippen LogP contribution in [0.4, 0.5) is 0 Å². The highest BCUT2D eigenvalue weighted by Gasteiger charge is 2.21. The third-order valence-electron chi connectivity index (χ3n) is 3.82. The predicted molar refractivity (Wildman–Crippen MR) is 124 cm³/mol. The molecule has 0 bridgehead atoms. The number of halogens is 4. The molecular formula is C14H35Cl4N5O4P2. The van der Waals surface area contributed by atoms with Gasteiger partial charge in [0.15, 0.2) is 0 Å². The number of nitrogens with two attached hydrogens (primary N) is 3. The van der Waals surface area contributed by atoms with Crippen molar-refractivity contribution >= 4 is 61.7 Å². The van der Waals surface area contributed by atoms with Gasteiger partial charge in [-0.25, -0.2) is 10.2 Å². The molecule has 1 saturated carbocycles. The fourth-order valence-electron chi connectivity index (χ4n) is 2.31. The van der Waals surface area contributed by atoms with Crippen LogP contribution in [0.3, 0.4) is 0 Å². The molecule has 2 atom stereocenters. The van der Waals surface area contributed by atoms with Crippen LogP contribution < -0.4 is 21.6 Å². The van der Waals surface area contributed by atoms with Crippen LogP contribution in [0.15, 0.2) is 0 Å². The van der Waals surface area contributed by atoms with Crippen molar-refractivity contribution in [1.29, 1.82) is 0 Å². The minimum atomic E-state index is -3.89. The molecule has 9 nitrogen and oxygen atoms in total. The molecule has 2 unspecified atom stereocenters. The van der Waals surface area contributed by atoms with Crippen molar-refractivity contribution in [3.05, 3.63) is 0 Å². The highest BCUT2D eigenvalue weighted by molar-refractivity contribution is 7.52. The highest BCUT2D eigenvalue weighted by atomic mass is 35.5. The standard InChI is InChI=1S/C6H13N.2C4H11Cl2N2O2P/c7-6-4-2-1-3-5-6;2*5-1-3-8(4-2-6)11(7,9)10/h6H,1-5,7H2;2*1-4H2,(H3,7,9,10). The van der Waals surface area contributed by atoms with Crippen LogP contribution in [-0.4, -0.2) is 70.0 Å².